The van der Waals surface area contributed by atoms with Gasteiger partial charge in [0.25, 0.3) is 0 Å². The quantitative estimate of drug-likeness (QED) is 0.770. The van der Waals surface area contributed by atoms with E-state index in [0.717, 1.165) is 12.0 Å². The maximum Gasteiger partial charge on any atom is 0.387 e. The normalized spacial score (nSPS) is 14.3. The summed E-state index contributed by atoms with van der Waals surface area (Å²) in [5, 5.41) is 12.3. The summed E-state index contributed by atoms with van der Waals surface area (Å²) in [6.07, 6.45) is 1.50. The van der Waals surface area contributed by atoms with Gasteiger partial charge in [0.05, 0.1) is 0 Å². The van der Waals surface area contributed by atoms with E-state index >= 15 is 0 Å². The summed E-state index contributed by atoms with van der Waals surface area (Å²) in [5.74, 6) is 0.199. The van der Waals surface area contributed by atoms with Gasteiger partial charge < -0.3 is 15.2 Å². The molecule has 0 radical (unpaired) electrons. The first-order valence-electron chi connectivity index (χ1n) is 6.90. The average molecular weight is 287 g/mol. The first-order chi connectivity index (χ1) is 9.47. The first-order valence-corrected chi connectivity index (χ1v) is 6.90. The number of hydrogen-bond acceptors (Lipinski definition) is 3. The van der Waals surface area contributed by atoms with E-state index < -0.39 is 6.61 Å². The third-order valence-corrected chi connectivity index (χ3v) is 3.30. The van der Waals surface area contributed by atoms with Crippen molar-refractivity contribution in [1.29, 1.82) is 0 Å². The van der Waals surface area contributed by atoms with Crippen molar-refractivity contribution in [2.75, 3.05) is 6.61 Å². The molecular weight excluding hydrogens is 264 g/mol. The minimum absolute atomic E-state index is 0.104. The average Bonchev–Trinajstić information content (AvgIpc) is 2.39. The third-order valence-electron chi connectivity index (χ3n) is 3.30. The molecule has 1 rings (SSSR count). The van der Waals surface area contributed by atoms with Gasteiger partial charge >= 0.3 is 6.61 Å². The molecule has 114 valence electrons. The molecule has 5 heteroatoms. The molecule has 3 nitrogen and oxygen atoms in total. The highest BCUT2D eigenvalue weighted by atomic mass is 19.3. The number of aliphatic hydroxyl groups is 1. The minimum Gasteiger partial charge on any atom is -0.434 e. The van der Waals surface area contributed by atoms with Crippen LogP contribution in [0.15, 0.2) is 18.2 Å². The lowest BCUT2D eigenvalue weighted by molar-refractivity contribution is -0.0507. The molecule has 1 aromatic carbocycles. The van der Waals surface area contributed by atoms with Gasteiger partial charge in [0.15, 0.2) is 0 Å². The number of benzene rings is 1. The lowest BCUT2D eigenvalue weighted by Gasteiger charge is -2.24. The molecule has 0 aliphatic heterocycles. The maximum atomic E-state index is 12.4. The second kappa shape index (κ2) is 8.17. The Kier molecular flexibility index (Phi) is 6.88. The summed E-state index contributed by atoms with van der Waals surface area (Å²) in [5.41, 5.74) is 1.70. The van der Waals surface area contributed by atoms with E-state index in [1.165, 1.54) is 0 Å². The van der Waals surface area contributed by atoms with Crippen LogP contribution in [0, 0.1) is 6.92 Å². The molecule has 2 N–H and O–H groups in total. The van der Waals surface area contributed by atoms with Gasteiger partial charge in [-0.25, -0.2) is 0 Å². The molecule has 0 saturated heterocycles. The summed E-state index contributed by atoms with van der Waals surface area (Å²) in [6.45, 7) is 3.11. The molecule has 1 aromatic rings. The molecule has 2 unspecified atom stereocenters. The van der Waals surface area contributed by atoms with Crippen molar-refractivity contribution in [3.8, 4) is 5.75 Å². The van der Waals surface area contributed by atoms with Crippen LogP contribution in [0.2, 0.25) is 0 Å². The van der Waals surface area contributed by atoms with Crippen LogP contribution in [-0.4, -0.2) is 24.4 Å². The Balaban J connectivity index is 2.89. The summed E-state index contributed by atoms with van der Waals surface area (Å²) in [6, 6.07) is 5.19. The van der Waals surface area contributed by atoms with E-state index in [1.807, 2.05) is 26.8 Å². The second-order valence-corrected chi connectivity index (χ2v) is 4.93. The van der Waals surface area contributed by atoms with E-state index in [4.69, 9.17) is 5.11 Å². The van der Waals surface area contributed by atoms with Crippen molar-refractivity contribution < 1.29 is 18.6 Å². The molecule has 0 heterocycles. The molecule has 20 heavy (non-hydrogen) atoms. The van der Waals surface area contributed by atoms with Crippen molar-refractivity contribution >= 4 is 0 Å². The van der Waals surface area contributed by atoms with Gasteiger partial charge in [0.2, 0.25) is 0 Å². The molecule has 0 fully saturated rings. The summed E-state index contributed by atoms with van der Waals surface area (Å²) in [4.78, 5) is 0. The largest absolute Gasteiger partial charge is 0.434 e. The Morgan fingerprint density at radius 3 is 2.60 bits per heavy atom. The van der Waals surface area contributed by atoms with Crippen molar-refractivity contribution in [3.63, 3.8) is 0 Å². The standard InChI is InChI=1S/C15H23F2NO2/c1-4-12(7-8-19)18-11(3)13-9-10(2)5-6-14(13)20-15(16)17/h5-6,9,11-12,15,18-19H,4,7-8H2,1-3H3. The topological polar surface area (TPSA) is 41.5 Å². The number of nitrogens with one attached hydrogen (secondary N) is 1. The van der Waals surface area contributed by atoms with Crippen molar-refractivity contribution in [3.05, 3.63) is 29.3 Å². The van der Waals surface area contributed by atoms with E-state index in [9.17, 15) is 8.78 Å². The van der Waals surface area contributed by atoms with Crippen LogP contribution < -0.4 is 10.1 Å². The van der Waals surface area contributed by atoms with Crippen LogP contribution >= 0.6 is 0 Å². The van der Waals surface area contributed by atoms with E-state index in [2.05, 4.69) is 10.1 Å². The Hall–Kier alpha value is -1.20. The van der Waals surface area contributed by atoms with Gasteiger partial charge in [-0.3, -0.25) is 0 Å². The zero-order valence-corrected chi connectivity index (χ0v) is 12.2. The van der Waals surface area contributed by atoms with Crippen molar-refractivity contribution in [2.24, 2.45) is 0 Å². The van der Waals surface area contributed by atoms with Gasteiger partial charge in [-0.15, -0.1) is 0 Å². The fourth-order valence-corrected chi connectivity index (χ4v) is 2.21. The van der Waals surface area contributed by atoms with Crippen LogP contribution in [0.3, 0.4) is 0 Å². The van der Waals surface area contributed by atoms with Gasteiger partial charge in [-0.2, -0.15) is 8.78 Å². The highest BCUT2D eigenvalue weighted by molar-refractivity contribution is 5.39. The van der Waals surface area contributed by atoms with Crippen LogP contribution in [0.5, 0.6) is 5.75 Å². The second-order valence-electron chi connectivity index (χ2n) is 4.93. The van der Waals surface area contributed by atoms with E-state index in [0.29, 0.717) is 12.0 Å². The predicted molar refractivity (Wildman–Crippen MR) is 75.1 cm³/mol. The lowest BCUT2D eigenvalue weighted by atomic mass is 10.0. The smallest absolute Gasteiger partial charge is 0.387 e. The lowest BCUT2D eigenvalue weighted by Crippen LogP contribution is -2.32. The number of ether oxygens (including phenoxy) is 1. The summed E-state index contributed by atoms with van der Waals surface area (Å²) in [7, 11) is 0. The fourth-order valence-electron chi connectivity index (χ4n) is 2.21. The monoisotopic (exact) mass is 287 g/mol. The van der Waals surface area contributed by atoms with Crippen molar-refractivity contribution in [2.45, 2.75) is 52.3 Å². The van der Waals surface area contributed by atoms with Gasteiger partial charge in [-0.1, -0.05) is 24.6 Å². The molecule has 0 bridgehead atoms. The highest BCUT2D eigenvalue weighted by Crippen LogP contribution is 2.28. The van der Waals surface area contributed by atoms with Crippen molar-refractivity contribution in [1.82, 2.24) is 5.32 Å². The SMILES string of the molecule is CCC(CCO)NC(C)c1cc(C)ccc1OC(F)F. The third kappa shape index (κ3) is 5.06. The molecule has 0 saturated carbocycles. The number of alkyl halides is 2. The molecule has 0 aliphatic rings. The van der Waals surface area contributed by atoms with Gasteiger partial charge in [-0.05, 0) is 32.8 Å². The molecule has 2 atom stereocenters. The molecule has 0 aliphatic carbocycles. The predicted octanol–water partition coefficient (Wildman–Crippen LogP) is 3.41. The molecule has 0 aromatic heterocycles. The number of hydrogen-bond donors (Lipinski definition) is 2. The first kappa shape index (κ1) is 16.9. The Morgan fingerprint density at radius 2 is 2.05 bits per heavy atom. The van der Waals surface area contributed by atoms with Crippen LogP contribution in [0.25, 0.3) is 0 Å². The molecule has 0 amide bonds. The number of aliphatic hydroxyl groups excluding tert-OH is 1. The number of aryl methyl sites for hydroxylation is 1. The Morgan fingerprint density at radius 1 is 1.35 bits per heavy atom. The number of rotatable bonds is 8. The minimum atomic E-state index is -2.83. The van der Waals surface area contributed by atoms with Crippen LogP contribution in [0.4, 0.5) is 8.78 Å². The summed E-state index contributed by atoms with van der Waals surface area (Å²) >= 11 is 0. The maximum absolute atomic E-state index is 12.4. The Bertz CT molecular complexity index is 413. The fraction of sp³-hybridized carbons (Fsp3) is 0.600. The highest BCUT2D eigenvalue weighted by Gasteiger charge is 2.17. The van der Waals surface area contributed by atoms with Gasteiger partial charge in [0, 0.05) is 24.3 Å². The van der Waals surface area contributed by atoms with Gasteiger partial charge in [0.1, 0.15) is 5.75 Å². The van der Waals surface area contributed by atoms with E-state index in [-0.39, 0.29) is 24.4 Å². The zero-order valence-electron chi connectivity index (χ0n) is 12.2. The van der Waals surface area contributed by atoms with Crippen LogP contribution in [0.1, 0.15) is 43.9 Å². The van der Waals surface area contributed by atoms with E-state index in [1.54, 1.807) is 12.1 Å². The van der Waals surface area contributed by atoms with Crippen LogP contribution in [-0.2, 0) is 0 Å². The molecule has 0 spiro atoms. The summed E-state index contributed by atoms with van der Waals surface area (Å²) < 4.78 is 29.5. The zero-order chi connectivity index (χ0) is 15.1. The Labute approximate surface area is 119 Å². The number of halogens is 2. The molecular formula is C15H23F2NO2.